The molecule has 65 heavy (non-hydrogen) atoms. The lowest BCUT2D eigenvalue weighted by Gasteiger charge is -2.48. The Morgan fingerprint density at radius 2 is 0.877 bits per heavy atom. The zero-order valence-corrected chi connectivity index (χ0v) is 39.0. The van der Waals surface area contributed by atoms with Crippen molar-refractivity contribution in [3.63, 3.8) is 0 Å². The number of aliphatic hydroxyl groups is 11. The third kappa shape index (κ3) is 19.2. The number of rotatable bonds is 34. The molecule has 0 radical (unpaired) electrons. The molecule has 3 rings (SSSR count). The Kier molecular flexibility index (Phi) is 29.1. The smallest absolute Gasteiger partial charge is 0.220 e. The molecule has 19 heteroatoms. The van der Waals surface area contributed by atoms with E-state index in [1.165, 1.54) is 77.0 Å². The van der Waals surface area contributed by atoms with Gasteiger partial charge in [0.1, 0.15) is 73.2 Å². The van der Waals surface area contributed by atoms with E-state index in [0.29, 0.717) is 12.8 Å². The van der Waals surface area contributed by atoms with Gasteiger partial charge in [0.25, 0.3) is 0 Å². The summed E-state index contributed by atoms with van der Waals surface area (Å²) in [4.78, 5) is 13.0. The van der Waals surface area contributed by atoms with E-state index in [-0.39, 0.29) is 18.9 Å². The second-order valence-corrected chi connectivity index (χ2v) is 18.3. The lowest BCUT2D eigenvalue weighted by atomic mass is 9.96. The van der Waals surface area contributed by atoms with E-state index < -0.39 is 124 Å². The van der Waals surface area contributed by atoms with E-state index in [0.717, 1.165) is 44.9 Å². The van der Waals surface area contributed by atoms with Gasteiger partial charge in [-0.05, 0) is 12.8 Å². The minimum absolute atomic E-state index is 0.261. The second kappa shape index (κ2) is 32.6. The van der Waals surface area contributed by atoms with Crippen molar-refractivity contribution < 1.29 is 89.4 Å². The summed E-state index contributed by atoms with van der Waals surface area (Å²) in [5.74, 6) is -0.261. The maximum Gasteiger partial charge on any atom is 0.220 e. The molecule has 0 bridgehead atoms. The number of amides is 1. The molecule has 3 saturated heterocycles. The predicted octanol–water partition coefficient (Wildman–Crippen LogP) is 0.919. The van der Waals surface area contributed by atoms with Crippen LogP contribution in [0.1, 0.15) is 155 Å². The average Bonchev–Trinajstić information content (AvgIpc) is 3.30. The largest absolute Gasteiger partial charge is 0.394 e. The zero-order valence-electron chi connectivity index (χ0n) is 39.0. The molecule has 17 atom stereocenters. The Labute approximate surface area is 385 Å². The lowest BCUT2D eigenvalue weighted by molar-refractivity contribution is -0.379. The van der Waals surface area contributed by atoms with Crippen LogP contribution in [-0.2, 0) is 33.2 Å². The highest BCUT2D eigenvalue weighted by molar-refractivity contribution is 5.76. The van der Waals surface area contributed by atoms with Gasteiger partial charge in [-0.2, -0.15) is 0 Å². The van der Waals surface area contributed by atoms with Gasteiger partial charge < -0.3 is 89.9 Å². The van der Waals surface area contributed by atoms with Crippen molar-refractivity contribution in [2.45, 2.75) is 259 Å². The molecule has 384 valence electrons. The van der Waals surface area contributed by atoms with Crippen molar-refractivity contribution in [1.82, 2.24) is 5.32 Å². The van der Waals surface area contributed by atoms with Gasteiger partial charge in [-0.3, -0.25) is 4.79 Å². The number of hydrogen-bond acceptors (Lipinski definition) is 18. The first-order chi connectivity index (χ1) is 31.3. The van der Waals surface area contributed by atoms with E-state index >= 15 is 0 Å². The topological polar surface area (TPSA) is 307 Å². The third-order valence-corrected chi connectivity index (χ3v) is 12.9. The fourth-order valence-electron chi connectivity index (χ4n) is 8.72. The van der Waals surface area contributed by atoms with Gasteiger partial charge in [0, 0.05) is 6.42 Å². The lowest BCUT2D eigenvalue weighted by Crippen LogP contribution is -2.66. The summed E-state index contributed by atoms with van der Waals surface area (Å²) in [6.07, 6.45) is -2.73. The van der Waals surface area contributed by atoms with Crippen LogP contribution in [-0.4, -0.2) is 193 Å². The molecule has 0 aromatic carbocycles. The Morgan fingerprint density at radius 1 is 0.492 bits per heavy atom. The van der Waals surface area contributed by atoms with Gasteiger partial charge in [0.15, 0.2) is 18.9 Å². The number of hydrogen-bond donors (Lipinski definition) is 12. The van der Waals surface area contributed by atoms with Crippen LogP contribution >= 0.6 is 0 Å². The van der Waals surface area contributed by atoms with E-state index in [2.05, 4.69) is 19.2 Å². The van der Waals surface area contributed by atoms with Crippen molar-refractivity contribution in [3.05, 3.63) is 0 Å². The average molecular weight is 942 g/mol. The first-order valence-corrected chi connectivity index (χ1v) is 24.8. The number of ether oxygens (including phenoxy) is 6. The Morgan fingerprint density at radius 3 is 1.34 bits per heavy atom. The van der Waals surface area contributed by atoms with Crippen LogP contribution in [0.3, 0.4) is 0 Å². The number of nitrogens with one attached hydrogen (secondary N) is 1. The zero-order chi connectivity index (χ0) is 47.7. The summed E-state index contributed by atoms with van der Waals surface area (Å²) in [5.41, 5.74) is 0. The van der Waals surface area contributed by atoms with Gasteiger partial charge in [0.05, 0.1) is 38.6 Å². The quantitative estimate of drug-likeness (QED) is 0.0399. The van der Waals surface area contributed by atoms with Crippen molar-refractivity contribution in [2.24, 2.45) is 0 Å². The third-order valence-electron chi connectivity index (χ3n) is 12.9. The molecule has 0 aromatic heterocycles. The number of carbonyl (C=O) groups excluding carboxylic acids is 1. The fourth-order valence-corrected chi connectivity index (χ4v) is 8.72. The molecule has 0 saturated carbocycles. The van der Waals surface area contributed by atoms with Crippen molar-refractivity contribution >= 4 is 5.91 Å². The summed E-state index contributed by atoms with van der Waals surface area (Å²) in [6.45, 7) is 1.62. The van der Waals surface area contributed by atoms with Gasteiger partial charge in [0.2, 0.25) is 5.91 Å². The molecule has 0 spiro atoms. The summed E-state index contributed by atoms with van der Waals surface area (Å²) in [6, 6.07) is -0.875. The Balaban J connectivity index is 1.51. The van der Waals surface area contributed by atoms with Crippen molar-refractivity contribution in [2.75, 3.05) is 26.4 Å². The van der Waals surface area contributed by atoms with Gasteiger partial charge in [-0.15, -0.1) is 0 Å². The van der Waals surface area contributed by atoms with Crippen LogP contribution < -0.4 is 5.32 Å². The van der Waals surface area contributed by atoms with Gasteiger partial charge in [-0.25, -0.2) is 0 Å². The first-order valence-electron chi connectivity index (χ1n) is 24.8. The van der Waals surface area contributed by atoms with Crippen LogP contribution in [0.25, 0.3) is 0 Å². The highest BCUT2D eigenvalue weighted by Crippen LogP contribution is 2.33. The van der Waals surface area contributed by atoms with Crippen LogP contribution in [0.2, 0.25) is 0 Å². The molecule has 3 fully saturated rings. The normalized spacial score (nSPS) is 34.1. The maximum atomic E-state index is 13.0. The first kappa shape index (κ1) is 58.1. The van der Waals surface area contributed by atoms with Gasteiger partial charge in [-0.1, -0.05) is 136 Å². The fraction of sp³-hybridized carbons (Fsp3) is 0.978. The summed E-state index contributed by atoms with van der Waals surface area (Å²) >= 11 is 0. The molecule has 3 aliphatic rings. The van der Waals surface area contributed by atoms with E-state index in [1.54, 1.807) is 0 Å². The van der Waals surface area contributed by atoms with E-state index in [1.807, 2.05) is 0 Å². The molecule has 19 nitrogen and oxygen atoms in total. The monoisotopic (exact) mass is 942 g/mol. The minimum Gasteiger partial charge on any atom is -0.394 e. The van der Waals surface area contributed by atoms with Crippen molar-refractivity contribution in [3.8, 4) is 0 Å². The molecule has 12 N–H and O–H groups in total. The van der Waals surface area contributed by atoms with Crippen LogP contribution in [0.15, 0.2) is 0 Å². The molecule has 0 aliphatic carbocycles. The van der Waals surface area contributed by atoms with E-state index in [4.69, 9.17) is 28.4 Å². The highest BCUT2D eigenvalue weighted by Gasteiger charge is 2.53. The minimum atomic E-state index is -1.97. The molecule has 0 aromatic rings. The number of aliphatic hydroxyl groups excluding tert-OH is 11. The molecule has 17 unspecified atom stereocenters. The van der Waals surface area contributed by atoms with Gasteiger partial charge >= 0.3 is 0 Å². The SMILES string of the molecule is CCCCCCCCCCCCCCCCCCC(O)C(COC1OC(CO)C(OC2OC(CO)C(OC3OC(CO)C(O)C(O)C3O)C(O)C2O)C(O)C1O)NC(=O)CCCCCC. The predicted molar refractivity (Wildman–Crippen MR) is 236 cm³/mol. The molecule has 3 heterocycles. The van der Waals surface area contributed by atoms with E-state index in [9.17, 15) is 61.0 Å². The molecule has 3 aliphatic heterocycles. The number of carbonyl (C=O) groups is 1. The van der Waals surface area contributed by atoms with Crippen LogP contribution in [0.4, 0.5) is 0 Å². The van der Waals surface area contributed by atoms with Crippen LogP contribution in [0.5, 0.6) is 0 Å². The molecule has 1 amide bonds. The summed E-state index contributed by atoms with van der Waals surface area (Å²) < 4.78 is 34.0. The standard InChI is InChI=1S/C46H87NO18/c1-3-5-7-9-10-11-12-13-14-15-16-17-18-19-20-21-23-30(51)29(47-34(52)24-22-8-6-4-2)28-60-44-40(58)37(55)42(32(26-49)62-44)65-46-41(59)38(56)43(33(27-50)63-46)64-45-39(57)36(54)35(53)31(25-48)61-45/h29-33,35-46,48-51,53-59H,3-28H2,1-2H3,(H,47,52). The molecular weight excluding hydrogens is 854 g/mol. The Bertz CT molecular complexity index is 1220. The Hall–Kier alpha value is -1.21. The maximum absolute atomic E-state index is 13.0. The highest BCUT2D eigenvalue weighted by atomic mass is 16.8. The van der Waals surface area contributed by atoms with Crippen molar-refractivity contribution in [1.29, 1.82) is 0 Å². The summed E-state index contributed by atoms with van der Waals surface area (Å²) in [7, 11) is 0. The summed E-state index contributed by atoms with van der Waals surface area (Å²) in [5, 5.41) is 119. The number of unbranched alkanes of at least 4 members (excludes halogenated alkanes) is 18. The second-order valence-electron chi connectivity index (χ2n) is 18.3. The molecular formula is C46H87NO18. The van der Waals surface area contributed by atoms with Crippen LogP contribution in [0, 0.1) is 0 Å².